The lowest BCUT2D eigenvalue weighted by molar-refractivity contribution is 0.262. The van der Waals surface area contributed by atoms with E-state index in [1.165, 1.54) is 11.3 Å². The van der Waals surface area contributed by atoms with Gasteiger partial charge in [-0.2, -0.15) is 0 Å². The maximum Gasteiger partial charge on any atom is 0.325 e. The van der Waals surface area contributed by atoms with Crippen molar-refractivity contribution in [3.05, 3.63) is 59.1 Å². The Bertz CT molecular complexity index is 900. The third-order valence-electron chi connectivity index (χ3n) is 3.70. The molecule has 0 saturated carbocycles. The minimum atomic E-state index is -0.388. The van der Waals surface area contributed by atoms with E-state index in [0.717, 1.165) is 17.8 Å². The molecule has 2 amide bonds. The average Bonchev–Trinajstić information content (AvgIpc) is 3.08. The summed E-state index contributed by atoms with van der Waals surface area (Å²) in [6, 6.07) is 14.9. The van der Waals surface area contributed by atoms with Gasteiger partial charge in [-0.25, -0.2) is 4.79 Å². The van der Waals surface area contributed by atoms with E-state index in [2.05, 4.69) is 20.8 Å². The highest BCUT2D eigenvalue weighted by Crippen LogP contribution is 2.30. The Morgan fingerprint density at radius 2 is 1.92 bits per heavy atom. The van der Waals surface area contributed by atoms with Gasteiger partial charge in [-0.05, 0) is 43.7 Å². The number of urea groups is 1. The lowest BCUT2D eigenvalue weighted by atomic mass is 10.2. The first-order valence-electron chi connectivity index (χ1n) is 8.07. The summed E-state index contributed by atoms with van der Waals surface area (Å²) in [4.78, 5) is 14.3. The van der Waals surface area contributed by atoms with Gasteiger partial charge in [0.2, 0.25) is 10.3 Å². The molecule has 2 aromatic carbocycles. The first-order valence-corrected chi connectivity index (χ1v) is 9.26. The van der Waals surface area contributed by atoms with Crippen molar-refractivity contribution in [1.29, 1.82) is 0 Å². The van der Waals surface area contributed by atoms with Crippen molar-refractivity contribution in [2.45, 2.75) is 13.8 Å². The number of carbonyl (C=O) groups is 1. The Kier molecular flexibility index (Phi) is 5.70. The molecule has 134 valence electrons. The molecule has 0 saturated heterocycles. The molecule has 0 radical (unpaired) electrons. The minimum absolute atomic E-state index is 0.388. The minimum Gasteiger partial charge on any atom is -0.317 e. The smallest absolute Gasteiger partial charge is 0.317 e. The number of aromatic nitrogens is 2. The number of amides is 2. The van der Waals surface area contributed by atoms with Gasteiger partial charge in [0, 0.05) is 22.9 Å². The van der Waals surface area contributed by atoms with Crippen LogP contribution in [0.5, 0.6) is 0 Å². The molecule has 0 bridgehead atoms. The van der Waals surface area contributed by atoms with Crippen molar-refractivity contribution in [3.8, 4) is 0 Å². The second-order valence-electron chi connectivity index (χ2n) is 5.51. The molecule has 3 rings (SSSR count). The monoisotopic (exact) mass is 387 g/mol. The van der Waals surface area contributed by atoms with E-state index in [1.54, 1.807) is 12.1 Å². The Balaban J connectivity index is 1.70. The molecule has 0 aliphatic rings. The Morgan fingerprint density at radius 1 is 1.15 bits per heavy atom. The van der Waals surface area contributed by atoms with E-state index < -0.39 is 0 Å². The number of nitrogens with one attached hydrogen (secondary N) is 2. The molecule has 8 heteroatoms. The number of rotatable bonds is 5. The second kappa shape index (κ2) is 8.16. The van der Waals surface area contributed by atoms with Crippen molar-refractivity contribution in [3.63, 3.8) is 0 Å². The molecule has 0 unspecified atom stereocenters. The van der Waals surface area contributed by atoms with Crippen LogP contribution in [0, 0.1) is 6.92 Å². The number of anilines is 4. The summed E-state index contributed by atoms with van der Waals surface area (Å²) in [5, 5.41) is 15.4. The summed E-state index contributed by atoms with van der Waals surface area (Å²) in [6.45, 7) is 4.68. The number of carbonyl (C=O) groups excluding carboxylic acids is 1. The molecule has 1 heterocycles. The molecular formula is C18H18ClN5OS. The zero-order valence-corrected chi connectivity index (χ0v) is 15.9. The first kappa shape index (κ1) is 18.2. The fraction of sp³-hybridized carbons (Fsp3) is 0.167. The van der Waals surface area contributed by atoms with E-state index in [-0.39, 0.29) is 6.03 Å². The summed E-state index contributed by atoms with van der Waals surface area (Å²) in [5.74, 6) is 0. The van der Waals surface area contributed by atoms with E-state index in [4.69, 9.17) is 11.6 Å². The second-order valence-corrected chi connectivity index (χ2v) is 6.90. The van der Waals surface area contributed by atoms with Gasteiger partial charge >= 0.3 is 6.03 Å². The van der Waals surface area contributed by atoms with Crippen LogP contribution in [0.15, 0.2) is 48.5 Å². The van der Waals surface area contributed by atoms with Gasteiger partial charge in [0.25, 0.3) is 0 Å². The van der Waals surface area contributed by atoms with Crippen LogP contribution in [-0.4, -0.2) is 22.8 Å². The van der Waals surface area contributed by atoms with Crippen LogP contribution in [-0.2, 0) is 0 Å². The number of hydrogen-bond donors (Lipinski definition) is 2. The number of halogens is 1. The number of nitrogens with zero attached hydrogens (tertiary/aromatic N) is 3. The molecule has 0 fully saturated rings. The van der Waals surface area contributed by atoms with Gasteiger partial charge in [-0.1, -0.05) is 47.2 Å². The predicted octanol–water partition coefficient (Wildman–Crippen LogP) is 5.30. The Labute approximate surface area is 160 Å². The van der Waals surface area contributed by atoms with Gasteiger partial charge in [0.05, 0.1) is 0 Å². The number of hydrogen-bond acceptors (Lipinski definition) is 5. The van der Waals surface area contributed by atoms with Crippen LogP contribution >= 0.6 is 22.9 Å². The van der Waals surface area contributed by atoms with Crippen molar-refractivity contribution < 1.29 is 4.79 Å². The third kappa shape index (κ3) is 4.30. The molecule has 0 aliphatic carbocycles. The van der Waals surface area contributed by atoms with Gasteiger partial charge in [-0.3, -0.25) is 5.32 Å². The average molecular weight is 388 g/mol. The SMILES string of the molecule is CCN(c1ccccc1)c1nnc(NC(=O)Nc2cc(Cl)ccc2C)s1. The van der Waals surface area contributed by atoms with Crippen LogP contribution in [0.3, 0.4) is 0 Å². The Hall–Kier alpha value is -2.64. The number of aryl methyl sites for hydroxylation is 1. The maximum atomic E-state index is 12.2. The molecule has 2 N–H and O–H groups in total. The molecule has 26 heavy (non-hydrogen) atoms. The molecule has 3 aromatic rings. The third-order valence-corrected chi connectivity index (χ3v) is 4.79. The van der Waals surface area contributed by atoms with Crippen molar-refractivity contribution >= 4 is 50.6 Å². The van der Waals surface area contributed by atoms with E-state index >= 15 is 0 Å². The van der Waals surface area contributed by atoms with Crippen LogP contribution < -0.4 is 15.5 Å². The largest absolute Gasteiger partial charge is 0.325 e. The highest BCUT2D eigenvalue weighted by molar-refractivity contribution is 7.19. The predicted molar refractivity (Wildman–Crippen MR) is 108 cm³/mol. The topological polar surface area (TPSA) is 70.2 Å². The van der Waals surface area contributed by atoms with E-state index in [1.807, 2.05) is 55.1 Å². The summed E-state index contributed by atoms with van der Waals surface area (Å²) in [6.07, 6.45) is 0. The molecule has 6 nitrogen and oxygen atoms in total. The van der Waals surface area contributed by atoms with Crippen molar-refractivity contribution in [2.24, 2.45) is 0 Å². The van der Waals surface area contributed by atoms with Crippen LogP contribution in [0.25, 0.3) is 0 Å². The zero-order chi connectivity index (χ0) is 18.5. The molecule has 0 atom stereocenters. The maximum absolute atomic E-state index is 12.2. The fourth-order valence-corrected chi connectivity index (χ4v) is 3.39. The number of para-hydroxylation sites is 1. The Morgan fingerprint density at radius 3 is 2.65 bits per heavy atom. The van der Waals surface area contributed by atoms with Gasteiger partial charge in [-0.15, -0.1) is 10.2 Å². The van der Waals surface area contributed by atoms with Gasteiger partial charge < -0.3 is 10.2 Å². The molecular weight excluding hydrogens is 370 g/mol. The van der Waals surface area contributed by atoms with E-state index in [0.29, 0.717) is 21.0 Å². The number of benzene rings is 2. The summed E-state index contributed by atoms with van der Waals surface area (Å²) < 4.78 is 0. The molecule has 0 aliphatic heterocycles. The quantitative estimate of drug-likeness (QED) is 0.623. The van der Waals surface area contributed by atoms with Crippen LogP contribution in [0.4, 0.5) is 26.4 Å². The molecule has 0 spiro atoms. The lowest BCUT2D eigenvalue weighted by Crippen LogP contribution is -2.19. The first-order chi connectivity index (χ1) is 12.6. The highest BCUT2D eigenvalue weighted by atomic mass is 35.5. The van der Waals surface area contributed by atoms with Crippen LogP contribution in [0.2, 0.25) is 5.02 Å². The fourth-order valence-electron chi connectivity index (χ4n) is 2.39. The van der Waals surface area contributed by atoms with Crippen molar-refractivity contribution in [2.75, 3.05) is 22.1 Å². The molecule has 1 aromatic heterocycles. The van der Waals surface area contributed by atoms with E-state index in [9.17, 15) is 4.79 Å². The van der Waals surface area contributed by atoms with Crippen molar-refractivity contribution in [1.82, 2.24) is 10.2 Å². The zero-order valence-electron chi connectivity index (χ0n) is 14.4. The standard InChI is InChI=1S/C18H18ClN5OS/c1-3-24(14-7-5-4-6-8-14)18-23-22-17(26-18)21-16(25)20-15-11-13(19)10-9-12(15)2/h4-11H,3H2,1-2H3,(H2,20,21,22,25). The van der Waals surface area contributed by atoms with Crippen LogP contribution in [0.1, 0.15) is 12.5 Å². The summed E-state index contributed by atoms with van der Waals surface area (Å²) in [7, 11) is 0. The normalized spacial score (nSPS) is 10.4. The van der Waals surface area contributed by atoms with Gasteiger partial charge in [0.1, 0.15) is 0 Å². The summed E-state index contributed by atoms with van der Waals surface area (Å²) in [5.41, 5.74) is 2.60. The van der Waals surface area contributed by atoms with Gasteiger partial charge in [0.15, 0.2) is 0 Å². The summed E-state index contributed by atoms with van der Waals surface area (Å²) >= 11 is 7.29. The lowest BCUT2D eigenvalue weighted by Gasteiger charge is -2.18. The highest BCUT2D eigenvalue weighted by Gasteiger charge is 2.14.